The first-order chi connectivity index (χ1) is 13.3. The summed E-state index contributed by atoms with van der Waals surface area (Å²) in [5, 5.41) is 6.76. The monoisotopic (exact) mass is 375 g/mol. The predicted molar refractivity (Wildman–Crippen MR) is 115 cm³/mol. The quantitative estimate of drug-likeness (QED) is 0.326. The van der Waals surface area contributed by atoms with Gasteiger partial charge in [-0.1, -0.05) is 51.1 Å². The third-order valence-corrected chi connectivity index (χ3v) is 4.57. The van der Waals surface area contributed by atoms with E-state index in [1.165, 1.54) is 0 Å². The van der Waals surface area contributed by atoms with E-state index in [9.17, 15) is 9.59 Å². The summed E-state index contributed by atoms with van der Waals surface area (Å²) in [5.41, 5.74) is 3.43. The van der Waals surface area contributed by atoms with E-state index in [2.05, 4.69) is 43.0 Å². The smallest absolute Gasteiger partial charge is 0.296 e. The van der Waals surface area contributed by atoms with E-state index in [0.717, 1.165) is 22.2 Å². The zero-order chi connectivity index (χ0) is 20.3. The standard InChI is InChI=1S/C23H25N3O2/c1-5-12-24-15-10-11-18(23(2,3)4)20(13-15)26-22(28)21(27)17-14-25-19-9-7-6-8-16(17)19/h5-11,13-14,24-25H,1,12H2,2-4H3,(H,26,28). The largest absolute Gasteiger partial charge is 0.382 e. The summed E-state index contributed by atoms with van der Waals surface area (Å²) in [5.74, 6) is -1.22. The second kappa shape index (κ2) is 7.72. The van der Waals surface area contributed by atoms with Crippen LogP contribution in [0.2, 0.25) is 0 Å². The van der Waals surface area contributed by atoms with Gasteiger partial charge in [-0.15, -0.1) is 6.58 Å². The number of benzene rings is 2. The van der Waals surface area contributed by atoms with Gasteiger partial charge in [-0.3, -0.25) is 9.59 Å². The van der Waals surface area contributed by atoms with Crippen molar-refractivity contribution in [3.05, 3.63) is 72.4 Å². The third-order valence-electron chi connectivity index (χ3n) is 4.57. The van der Waals surface area contributed by atoms with Gasteiger partial charge < -0.3 is 15.6 Å². The average Bonchev–Trinajstić information content (AvgIpc) is 3.09. The summed E-state index contributed by atoms with van der Waals surface area (Å²) >= 11 is 0. The van der Waals surface area contributed by atoms with Crippen LogP contribution in [-0.2, 0) is 10.2 Å². The Kier molecular flexibility index (Phi) is 5.36. The fourth-order valence-corrected chi connectivity index (χ4v) is 3.16. The molecule has 5 nitrogen and oxygen atoms in total. The lowest BCUT2D eigenvalue weighted by Gasteiger charge is -2.24. The highest BCUT2D eigenvalue weighted by molar-refractivity contribution is 6.48. The molecule has 1 aromatic heterocycles. The van der Waals surface area contributed by atoms with Crippen LogP contribution in [0.3, 0.4) is 0 Å². The van der Waals surface area contributed by atoms with Crippen molar-refractivity contribution < 1.29 is 9.59 Å². The van der Waals surface area contributed by atoms with Gasteiger partial charge in [0.25, 0.3) is 11.7 Å². The fourth-order valence-electron chi connectivity index (χ4n) is 3.16. The van der Waals surface area contributed by atoms with Gasteiger partial charge in [0.15, 0.2) is 0 Å². The van der Waals surface area contributed by atoms with E-state index in [-0.39, 0.29) is 5.41 Å². The number of para-hydroxylation sites is 1. The van der Waals surface area contributed by atoms with E-state index in [1.807, 2.05) is 42.5 Å². The summed E-state index contributed by atoms with van der Waals surface area (Å²) in [4.78, 5) is 28.6. The number of rotatable bonds is 6. The van der Waals surface area contributed by atoms with Gasteiger partial charge in [-0.05, 0) is 29.2 Å². The van der Waals surface area contributed by atoms with Crippen LogP contribution in [0.25, 0.3) is 10.9 Å². The van der Waals surface area contributed by atoms with Crippen LogP contribution in [0.4, 0.5) is 11.4 Å². The second-order valence-corrected chi connectivity index (χ2v) is 7.71. The van der Waals surface area contributed by atoms with Crippen LogP contribution >= 0.6 is 0 Å². The number of nitrogens with one attached hydrogen (secondary N) is 3. The maximum Gasteiger partial charge on any atom is 0.296 e. The number of hydrogen-bond acceptors (Lipinski definition) is 3. The molecular weight excluding hydrogens is 350 g/mol. The van der Waals surface area contributed by atoms with Crippen molar-refractivity contribution in [2.24, 2.45) is 0 Å². The fraction of sp³-hybridized carbons (Fsp3) is 0.217. The van der Waals surface area contributed by atoms with Gasteiger partial charge in [0.05, 0.1) is 5.56 Å². The molecule has 0 bridgehead atoms. The minimum absolute atomic E-state index is 0.191. The first-order valence-electron chi connectivity index (χ1n) is 9.22. The number of hydrogen-bond donors (Lipinski definition) is 3. The molecule has 3 N–H and O–H groups in total. The lowest BCUT2D eigenvalue weighted by atomic mass is 9.85. The molecule has 0 spiro atoms. The van der Waals surface area contributed by atoms with Crippen LogP contribution in [0.15, 0.2) is 61.3 Å². The van der Waals surface area contributed by atoms with Crippen molar-refractivity contribution in [3.8, 4) is 0 Å². The van der Waals surface area contributed by atoms with Crippen molar-refractivity contribution in [2.75, 3.05) is 17.2 Å². The number of fused-ring (bicyclic) bond motifs is 1. The first kappa shape index (κ1) is 19.4. The molecular formula is C23H25N3O2. The molecule has 1 heterocycles. The Hall–Kier alpha value is -3.34. The van der Waals surface area contributed by atoms with Crippen LogP contribution in [0.5, 0.6) is 0 Å². The van der Waals surface area contributed by atoms with Gasteiger partial charge in [-0.25, -0.2) is 0 Å². The van der Waals surface area contributed by atoms with Crippen LogP contribution in [0, 0.1) is 0 Å². The normalized spacial score (nSPS) is 11.2. The lowest BCUT2D eigenvalue weighted by molar-refractivity contribution is -0.112. The van der Waals surface area contributed by atoms with Crippen molar-refractivity contribution in [3.63, 3.8) is 0 Å². The molecule has 5 heteroatoms. The molecule has 144 valence electrons. The Labute approximate surface area is 164 Å². The molecule has 28 heavy (non-hydrogen) atoms. The van der Waals surface area contributed by atoms with E-state index < -0.39 is 11.7 Å². The molecule has 0 aliphatic heterocycles. The molecule has 0 radical (unpaired) electrons. The van der Waals surface area contributed by atoms with E-state index in [0.29, 0.717) is 17.8 Å². The number of aromatic amines is 1. The van der Waals surface area contributed by atoms with Gasteiger partial charge >= 0.3 is 0 Å². The highest BCUT2D eigenvalue weighted by Crippen LogP contribution is 2.32. The minimum atomic E-state index is -0.656. The molecule has 3 rings (SSSR count). The molecule has 2 aromatic carbocycles. The zero-order valence-corrected chi connectivity index (χ0v) is 16.4. The van der Waals surface area contributed by atoms with Crippen molar-refractivity contribution in [2.45, 2.75) is 26.2 Å². The van der Waals surface area contributed by atoms with Gasteiger partial charge in [0.1, 0.15) is 0 Å². The molecule has 3 aromatic rings. The summed E-state index contributed by atoms with van der Waals surface area (Å²) in [6, 6.07) is 13.2. The Balaban J connectivity index is 1.91. The van der Waals surface area contributed by atoms with Crippen LogP contribution < -0.4 is 10.6 Å². The molecule has 0 aliphatic carbocycles. The van der Waals surface area contributed by atoms with Gasteiger partial charge in [0.2, 0.25) is 0 Å². The lowest BCUT2D eigenvalue weighted by Crippen LogP contribution is -2.25. The summed E-state index contributed by atoms with van der Waals surface area (Å²) < 4.78 is 0. The minimum Gasteiger partial charge on any atom is -0.382 e. The molecule has 0 fully saturated rings. The number of ketones is 1. The number of aromatic nitrogens is 1. The van der Waals surface area contributed by atoms with Crippen LogP contribution in [0.1, 0.15) is 36.7 Å². The van der Waals surface area contributed by atoms with E-state index in [1.54, 1.807) is 12.3 Å². The third kappa shape index (κ3) is 3.98. The Bertz CT molecular complexity index is 1040. The van der Waals surface area contributed by atoms with Crippen LogP contribution in [-0.4, -0.2) is 23.2 Å². The van der Waals surface area contributed by atoms with Crippen molar-refractivity contribution in [1.82, 2.24) is 4.98 Å². The highest BCUT2D eigenvalue weighted by atomic mass is 16.2. The number of anilines is 2. The first-order valence-corrected chi connectivity index (χ1v) is 9.22. The Morgan fingerprint density at radius 1 is 1.14 bits per heavy atom. The SMILES string of the molecule is C=CCNc1ccc(C(C)(C)C)c(NC(=O)C(=O)c2c[nH]c3ccccc23)c1. The van der Waals surface area contributed by atoms with Gasteiger partial charge in [0, 0.05) is 35.0 Å². The Morgan fingerprint density at radius 3 is 2.61 bits per heavy atom. The number of Topliss-reactive ketones (excluding diaryl/α,β-unsaturated/α-hetero) is 1. The molecule has 0 saturated heterocycles. The van der Waals surface area contributed by atoms with Gasteiger partial charge in [-0.2, -0.15) is 0 Å². The number of carbonyl (C=O) groups is 2. The number of carbonyl (C=O) groups excluding carboxylic acids is 2. The number of amides is 1. The molecule has 1 amide bonds. The topological polar surface area (TPSA) is 74.0 Å². The molecule has 0 aliphatic rings. The van der Waals surface area contributed by atoms with E-state index in [4.69, 9.17) is 0 Å². The predicted octanol–water partition coefficient (Wildman–Crippen LogP) is 4.88. The average molecular weight is 375 g/mol. The zero-order valence-electron chi connectivity index (χ0n) is 16.4. The maximum absolute atomic E-state index is 12.8. The number of H-pyrrole nitrogens is 1. The molecule has 0 unspecified atom stereocenters. The summed E-state index contributed by atoms with van der Waals surface area (Å²) in [6.45, 7) is 10.5. The molecule has 0 atom stereocenters. The van der Waals surface area contributed by atoms with Crippen molar-refractivity contribution in [1.29, 1.82) is 0 Å². The Morgan fingerprint density at radius 2 is 1.89 bits per heavy atom. The van der Waals surface area contributed by atoms with Crippen molar-refractivity contribution >= 4 is 34.0 Å². The second-order valence-electron chi connectivity index (χ2n) is 7.71. The summed E-state index contributed by atoms with van der Waals surface area (Å²) in [7, 11) is 0. The highest BCUT2D eigenvalue weighted by Gasteiger charge is 2.24. The summed E-state index contributed by atoms with van der Waals surface area (Å²) in [6.07, 6.45) is 3.34. The molecule has 0 saturated carbocycles. The maximum atomic E-state index is 12.8. The van der Waals surface area contributed by atoms with E-state index >= 15 is 0 Å².